The first-order valence-corrected chi connectivity index (χ1v) is 24.1. The highest BCUT2D eigenvalue weighted by Gasteiger charge is 2.55. The molecule has 294 valence electrons. The molecule has 4 rings (SSSR count). The molecule has 0 bridgehead atoms. The van der Waals surface area contributed by atoms with E-state index in [9.17, 15) is 5.11 Å². The van der Waals surface area contributed by atoms with Crippen LogP contribution in [-0.2, 0) is 18.3 Å². The number of hydrogen-bond acceptors (Lipinski definition) is 5. The number of aliphatic hydroxyl groups is 1. The van der Waals surface area contributed by atoms with Crippen molar-refractivity contribution < 1.29 is 23.4 Å². The minimum Gasteiger partial charge on any atom is -0.412 e. The second-order valence-electron chi connectivity index (χ2n) is 19.1. The molecule has 0 radical (unpaired) electrons. The van der Waals surface area contributed by atoms with Gasteiger partial charge >= 0.3 is 0 Å². The van der Waals surface area contributed by atoms with E-state index >= 15 is 0 Å². The maximum absolute atomic E-state index is 12.4. The van der Waals surface area contributed by atoms with Crippen molar-refractivity contribution in [1.29, 1.82) is 0 Å². The molecule has 7 heteroatoms. The van der Waals surface area contributed by atoms with E-state index in [0.717, 1.165) is 16.7 Å². The van der Waals surface area contributed by atoms with Crippen LogP contribution < -0.4 is 10.4 Å². The Balaban J connectivity index is 1.85. The first-order valence-electron chi connectivity index (χ1n) is 20.0. The Bertz CT molecular complexity index is 1500. The first-order chi connectivity index (χ1) is 24.7. The molecule has 0 aromatic heterocycles. The summed E-state index contributed by atoms with van der Waals surface area (Å²) in [4.78, 5) is 0. The van der Waals surface area contributed by atoms with Gasteiger partial charge in [-0.25, -0.2) is 0 Å². The molecular formula is C46H72O5Si2. The van der Waals surface area contributed by atoms with Crippen LogP contribution in [0.1, 0.15) is 103 Å². The molecule has 0 saturated carbocycles. The van der Waals surface area contributed by atoms with E-state index in [2.05, 4.69) is 164 Å². The van der Waals surface area contributed by atoms with Crippen LogP contribution in [0.5, 0.6) is 0 Å². The largest absolute Gasteiger partial charge is 0.412 e. The normalized spacial score (nSPS) is 22.5. The molecule has 1 aliphatic heterocycles. The lowest BCUT2D eigenvalue weighted by atomic mass is 9.62. The van der Waals surface area contributed by atoms with Crippen molar-refractivity contribution in [1.82, 2.24) is 0 Å². The van der Waals surface area contributed by atoms with Gasteiger partial charge in [-0.2, -0.15) is 0 Å². The van der Waals surface area contributed by atoms with E-state index in [4.69, 9.17) is 18.3 Å². The first kappa shape index (κ1) is 43.6. The fraction of sp³-hybridized carbons (Fsp3) is 0.609. The summed E-state index contributed by atoms with van der Waals surface area (Å²) in [5.74, 6) is -0.191. The topological polar surface area (TPSA) is 57.2 Å². The average Bonchev–Trinajstić information content (AvgIpc) is 3.08. The second kappa shape index (κ2) is 16.9. The van der Waals surface area contributed by atoms with Crippen molar-refractivity contribution in [3.05, 3.63) is 96.1 Å². The number of hydrogen-bond donors (Lipinski definition) is 1. The smallest absolute Gasteiger partial charge is 0.261 e. The molecule has 53 heavy (non-hydrogen) atoms. The maximum Gasteiger partial charge on any atom is 0.261 e. The molecule has 1 heterocycles. The van der Waals surface area contributed by atoms with Gasteiger partial charge in [0.2, 0.25) is 8.32 Å². The van der Waals surface area contributed by atoms with E-state index in [1.165, 1.54) is 10.4 Å². The van der Waals surface area contributed by atoms with Crippen molar-refractivity contribution in [2.75, 3.05) is 19.8 Å². The Morgan fingerprint density at radius 1 is 0.868 bits per heavy atom. The lowest BCUT2D eigenvalue weighted by Gasteiger charge is -2.52. The van der Waals surface area contributed by atoms with Crippen LogP contribution in [0.4, 0.5) is 0 Å². The summed E-state index contributed by atoms with van der Waals surface area (Å²) in [6.45, 7) is 37.7. The molecule has 1 fully saturated rings. The Hall–Kier alpha value is -2.11. The predicted octanol–water partition coefficient (Wildman–Crippen LogP) is 10.4. The zero-order chi connectivity index (χ0) is 39.6. The highest BCUT2D eigenvalue weighted by Crippen LogP contribution is 2.52. The van der Waals surface area contributed by atoms with Gasteiger partial charge in [-0.15, -0.1) is 0 Å². The summed E-state index contributed by atoms with van der Waals surface area (Å²) in [5.41, 5.74) is 4.02. The maximum atomic E-state index is 12.4. The number of rotatable bonds is 14. The lowest BCUT2D eigenvalue weighted by Crippen LogP contribution is -2.68. The van der Waals surface area contributed by atoms with Crippen LogP contribution in [0.3, 0.4) is 0 Å². The van der Waals surface area contributed by atoms with Crippen molar-refractivity contribution >= 4 is 27.0 Å². The summed E-state index contributed by atoms with van der Waals surface area (Å²) in [6, 6.07) is 21.7. The molecule has 1 saturated heterocycles. The van der Waals surface area contributed by atoms with Gasteiger partial charge in [0.1, 0.15) is 0 Å². The van der Waals surface area contributed by atoms with Crippen LogP contribution in [-0.4, -0.2) is 60.1 Å². The van der Waals surface area contributed by atoms with Crippen molar-refractivity contribution in [2.45, 2.75) is 144 Å². The highest BCUT2D eigenvalue weighted by molar-refractivity contribution is 6.99. The second-order valence-corrected chi connectivity index (χ2v) is 28.8. The van der Waals surface area contributed by atoms with Gasteiger partial charge in [0.25, 0.3) is 8.32 Å². The van der Waals surface area contributed by atoms with E-state index in [1.807, 2.05) is 12.2 Å². The minimum atomic E-state index is -2.94. The monoisotopic (exact) mass is 760 g/mol. The van der Waals surface area contributed by atoms with Crippen LogP contribution in [0.15, 0.2) is 96.1 Å². The quantitative estimate of drug-likeness (QED) is 0.118. The molecule has 2 aliphatic rings. The molecule has 0 spiro atoms. The summed E-state index contributed by atoms with van der Waals surface area (Å²) < 4.78 is 28.0. The van der Waals surface area contributed by atoms with E-state index in [0.29, 0.717) is 42.9 Å². The molecule has 3 atom stereocenters. The summed E-state index contributed by atoms with van der Waals surface area (Å²) >= 11 is 0. The number of benzene rings is 2. The van der Waals surface area contributed by atoms with Gasteiger partial charge in [0.05, 0.1) is 32.0 Å². The zero-order valence-electron chi connectivity index (χ0n) is 35.6. The number of aliphatic hydroxyl groups excluding tert-OH is 1. The van der Waals surface area contributed by atoms with Crippen molar-refractivity contribution in [2.24, 2.45) is 16.7 Å². The summed E-state index contributed by atoms with van der Waals surface area (Å²) in [5, 5.41) is 14.7. The Morgan fingerprint density at radius 3 is 1.75 bits per heavy atom. The van der Waals surface area contributed by atoms with Gasteiger partial charge in [0, 0.05) is 11.3 Å². The third-order valence-corrected chi connectivity index (χ3v) is 23.6. The van der Waals surface area contributed by atoms with Gasteiger partial charge in [-0.1, -0.05) is 169 Å². The van der Waals surface area contributed by atoms with E-state index in [1.54, 1.807) is 0 Å². The van der Waals surface area contributed by atoms with Crippen molar-refractivity contribution in [3.63, 3.8) is 0 Å². The standard InChI is InChI=1S/C46H72O5Si2/c1-16-36(29-50-52(32(2)3,33(4)5)34(6)7)27-40(47)39-28-41(35(8)42(46(39,14)15)43-48-30-45(12,13)31-49-43)51-53(44(9,10)11,37-23-19-17-20-24-37)38-25-21-18-22-26-38/h16-27,32-34,39-41,43,47H,1,28-31H2,2-15H3/b36-27+/t39-,40-,41-/m0/s1. The van der Waals surface area contributed by atoms with Crippen molar-refractivity contribution in [3.8, 4) is 0 Å². The third kappa shape index (κ3) is 8.82. The van der Waals surface area contributed by atoms with Crippen LogP contribution in [0.25, 0.3) is 0 Å². The molecule has 1 aliphatic carbocycles. The SMILES string of the molecule is C=C/C(=C\[C@H](O)[C@@H]1C[C@H](O[Si](c2ccccc2)(c2ccccc2)C(C)(C)C)C(C)=C(C2OCC(C)(C)CO2)C1(C)C)CO[Si](C(C)C)(C(C)C)C(C)C. The molecule has 1 N–H and O–H groups in total. The fourth-order valence-corrected chi connectivity index (χ4v) is 19.9. The van der Waals surface area contributed by atoms with Crippen LogP contribution in [0.2, 0.25) is 21.7 Å². The Kier molecular flexibility index (Phi) is 13.9. The van der Waals surface area contributed by atoms with Gasteiger partial charge in [0.15, 0.2) is 6.29 Å². The molecule has 5 nitrogen and oxygen atoms in total. The van der Waals surface area contributed by atoms with E-state index in [-0.39, 0.29) is 22.5 Å². The number of ether oxygens (including phenoxy) is 2. The average molecular weight is 761 g/mol. The summed E-state index contributed by atoms with van der Waals surface area (Å²) in [7, 11) is -5.07. The Morgan fingerprint density at radius 2 is 1.34 bits per heavy atom. The predicted molar refractivity (Wildman–Crippen MR) is 228 cm³/mol. The molecule has 0 unspecified atom stereocenters. The van der Waals surface area contributed by atoms with Crippen LogP contribution >= 0.6 is 0 Å². The van der Waals surface area contributed by atoms with Crippen LogP contribution in [0, 0.1) is 16.7 Å². The molecular weight excluding hydrogens is 689 g/mol. The third-order valence-electron chi connectivity index (χ3n) is 12.5. The van der Waals surface area contributed by atoms with Gasteiger partial charge < -0.3 is 23.4 Å². The van der Waals surface area contributed by atoms with E-state index < -0.39 is 34.4 Å². The highest BCUT2D eigenvalue weighted by atomic mass is 28.4. The van der Waals surface area contributed by atoms with Gasteiger partial charge in [-0.3, -0.25) is 0 Å². The summed E-state index contributed by atoms with van der Waals surface area (Å²) in [6.07, 6.45) is 2.96. The molecule has 2 aromatic rings. The minimum absolute atomic E-state index is 0.0738. The molecule has 0 amide bonds. The van der Waals surface area contributed by atoms with Gasteiger partial charge in [-0.05, 0) is 67.5 Å². The molecule has 2 aromatic carbocycles. The lowest BCUT2D eigenvalue weighted by molar-refractivity contribution is -0.212. The Labute approximate surface area is 325 Å². The fourth-order valence-electron chi connectivity index (χ4n) is 9.76. The zero-order valence-corrected chi connectivity index (χ0v) is 37.6.